The molecule has 0 atom stereocenters. The molecule has 1 heterocycles. The lowest BCUT2D eigenvalue weighted by Crippen LogP contribution is -1.99. The van der Waals surface area contributed by atoms with Crippen LogP contribution in [-0.4, -0.2) is 12.9 Å². The van der Waals surface area contributed by atoms with Gasteiger partial charge in [0, 0.05) is 16.5 Å². The maximum atomic E-state index is 12.0. The summed E-state index contributed by atoms with van der Waals surface area (Å²) < 4.78 is 11.4. The molecule has 1 aromatic heterocycles. The number of methoxy groups -OCH3 is 1. The topological polar surface area (TPSA) is 39.4 Å². The van der Waals surface area contributed by atoms with Crippen molar-refractivity contribution in [2.45, 2.75) is 0 Å². The molecular weight excluding hydrogens is 264 g/mol. The second-order valence-corrected chi connectivity index (χ2v) is 4.92. The molecule has 102 valence electrons. The van der Waals surface area contributed by atoms with Crippen LogP contribution in [0.1, 0.15) is 15.9 Å². The van der Waals surface area contributed by atoms with E-state index in [0.29, 0.717) is 5.56 Å². The standard InChI is InChI=1S/C18H12O3/c1-20-15-7-3-2-5-12(15)18-13-9-10-14(19)11-6-4-8-16(21-18)17(11)13/h2-10H,1H3. The molecular formula is C18H12O3. The first-order valence-electron chi connectivity index (χ1n) is 6.71. The summed E-state index contributed by atoms with van der Waals surface area (Å²) in [5.74, 6) is 1.50. The van der Waals surface area contributed by atoms with E-state index in [-0.39, 0.29) is 5.78 Å². The molecule has 0 fully saturated rings. The van der Waals surface area contributed by atoms with Crippen LogP contribution in [0.5, 0.6) is 5.75 Å². The molecule has 0 amide bonds. The third-order valence-corrected chi connectivity index (χ3v) is 3.77. The Morgan fingerprint density at radius 2 is 1.76 bits per heavy atom. The first-order valence-corrected chi connectivity index (χ1v) is 6.71. The molecule has 3 nitrogen and oxygen atoms in total. The predicted molar refractivity (Wildman–Crippen MR) is 81.6 cm³/mol. The molecule has 21 heavy (non-hydrogen) atoms. The van der Waals surface area contributed by atoms with Crippen molar-refractivity contribution in [3.05, 3.63) is 59.7 Å². The number of hydrogen-bond donors (Lipinski definition) is 0. The first-order chi connectivity index (χ1) is 10.3. The van der Waals surface area contributed by atoms with Crippen molar-refractivity contribution < 1.29 is 13.9 Å². The second-order valence-electron chi connectivity index (χ2n) is 4.92. The molecule has 0 aliphatic heterocycles. The van der Waals surface area contributed by atoms with E-state index in [2.05, 4.69) is 0 Å². The molecule has 0 unspecified atom stereocenters. The van der Waals surface area contributed by atoms with Crippen molar-refractivity contribution in [2.75, 3.05) is 7.11 Å². The molecule has 1 aliphatic carbocycles. The number of carbonyl (C=O) groups is 1. The summed E-state index contributed by atoms with van der Waals surface area (Å²) >= 11 is 0. The highest BCUT2D eigenvalue weighted by molar-refractivity contribution is 6.20. The zero-order valence-corrected chi connectivity index (χ0v) is 11.4. The number of benzene rings is 2. The van der Waals surface area contributed by atoms with Crippen molar-refractivity contribution >= 4 is 22.8 Å². The Labute approximate surface area is 121 Å². The Morgan fingerprint density at radius 1 is 0.952 bits per heavy atom. The fraction of sp³-hybridized carbons (Fsp3) is 0.0556. The third kappa shape index (κ3) is 1.64. The maximum Gasteiger partial charge on any atom is 0.186 e. The maximum absolute atomic E-state index is 12.0. The molecule has 1 aliphatic rings. The number of furan rings is 1. The van der Waals surface area contributed by atoms with Crippen LogP contribution in [-0.2, 0) is 0 Å². The van der Waals surface area contributed by atoms with Crippen LogP contribution in [0.15, 0.2) is 53.0 Å². The van der Waals surface area contributed by atoms with Crippen molar-refractivity contribution in [1.29, 1.82) is 0 Å². The van der Waals surface area contributed by atoms with Crippen LogP contribution in [0, 0.1) is 0 Å². The van der Waals surface area contributed by atoms with E-state index in [4.69, 9.17) is 9.15 Å². The predicted octanol–water partition coefficient (Wildman–Crippen LogP) is 4.32. The van der Waals surface area contributed by atoms with Gasteiger partial charge in [-0.3, -0.25) is 4.79 Å². The van der Waals surface area contributed by atoms with Gasteiger partial charge in [0.15, 0.2) is 5.78 Å². The lowest BCUT2D eigenvalue weighted by atomic mass is 9.94. The summed E-state index contributed by atoms with van der Waals surface area (Å²) in [5, 5.41) is 0.880. The normalized spacial score (nSPS) is 12.9. The summed E-state index contributed by atoms with van der Waals surface area (Å²) in [6.45, 7) is 0. The lowest BCUT2D eigenvalue weighted by molar-refractivity contribution is 0.104. The van der Waals surface area contributed by atoms with Crippen LogP contribution >= 0.6 is 0 Å². The fourth-order valence-electron chi connectivity index (χ4n) is 2.82. The highest BCUT2D eigenvalue weighted by Crippen LogP contribution is 2.41. The van der Waals surface area contributed by atoms with E-state index in [1.54, 1.807) is 13.2 Å². The van der Waals surface area contributed by atoms with Gasteiger partial charge in [-0.2, -0.15) is 0 Å². The highest BCUT2D eigenvalue weighted by atomic mass is 16.5. The number of ether oxygens (including phenoxy) is 1. The van der Waals surface area contributed by atoms with Crippen LogP contribution in [0.3, 0.4) is 0 Å². The zero-order chi connectivity index (χ0) is 14.4. The quantitative estimate of drug-likeness (QED) is 0.699. The van der Waals surface area contributed by atoms with Crippen LogP contribution < -0.4 is 4.74 Å². The minimum absolute atomic E-state index is 0.0143. The molecule has 3 heteroatoms. The van der Waals surface area contributed by atoms with Gasteiger partial charge in [0.1, 0.15) is 17.1 Å². The number of rotatable bonds is 2. The number of para-hydroxylation sites is 1. The minimum Gasteiger partial charge on any atom is -0.496 e. The summed E-state index contributed by atoms with van der Waals surface area (Å²) in [6, 6.07) is 13.3. The number of carbonyl (C=O) groups excluding carboxylic acids is 1. The number of allylic oxidation sites excluding steroid dienone is 1. The second kappa shape index (κ2) is 4.35. The lowest BCUT2D eigenvalue weighted by Gasteiger charge is -2.08. The van der Waals surface area contributed by atoms with Gasteiger partial charge in [0.05, 0.1) is 12.7 Å². The van der Waals surface area contributed by atoms with E-state index >= 15 is 0 Å². The van der Waals surface area contributed by atoms with Gasteiger partial charge in [-0.1, -0.05) is 24.3 Å². The largest absolute Gasteiger partial charge is 0.496 e. The summed E-state index contributed by atoms with van der Waals surface area (Å²) in [5.41, 5.74) is 3.23. The summed E-state index contributed by atoms with van der Waals surface area (Å²) in [6.07, 6.45) is 3.41. The van der Waals surface area contributed by atoms with Crippen LogP contribution in [0.4, 0.5) is 0 Å². The van der Waals surface area contributed by atoms with Crippen LogP contribution in [0.2, 0.25) is 0 Å². The molecule has 0 saturated carbocycles. The summed E-state index contributed by atoms with van der Waals surface area (Å²) in [4.78, 5) is 12.0. The SMILES string of the molecule is COc1ccccc1-c1oc2cccc3c2c1C=CC3=O. The molecule has 4 rings (SSSR count). The average Bonchev–Trinajstić information content (AvgIpc) is 2.91. The third-order valence-electron chi connectivity index (χ3n) is 3.77. The van der Waals surface area contributed by atoms with E-state index in [1.165, 1.54) is 0 Å². The monoisotopic (exact) mass is 276 g/mol. The Balaban J connectivity index is 2.09. The molecule has 0 N–H and O–H groups in total. The van der Waals surface area contributed by atoms with Gasteiger partial charge in [0.25, 0.3) is 0 Å². The van der Waals surface area contributed by atoms with Gasteiger partial charge in [-0.15, -0.1) is 0 Å². The van der Waals surface area contributed by atoms with Gasteiger partial charge in [0.2, 0.25) is 0 Å². The minimum atomic E-state index is 0.0143. The fourth-order valence-corrected chi connectivity index (χ4v) is 2.82. The smallest absolute Gasteiger partial charge is 0.186 e. The van der Waals surface area contributed by atoms with Crippen molar-refractivity contribution in [3.8, 4) is 17.1 Å². The Bertz CT molecular complexity index is 900. The van der Waals surface area contributed by atoms with Gasteiger partial charge >= 0.3 is 0 Å². The Hall–Kier alpha value is -2.81. The molecule has 0 bridgehead atoms. The van der Waals surface area contributed by atoms with E-state index in [1.807, 2.05) is 48.5 Å². The zero-order valence-electron chi connectivity index (χ0n) is 11.4. The van der Waals surface area contributed by atoms with Gasteiger partial charge in [-0.05, 0) is 30.4 Å². The van der Waals surface area contributed by atoms with E-state index < -0.39 is 0 Å². The molecule has 0 spiro atoms. The summed E-state index contributed by atoms with van der Waals surface area (Å²) in [7, 11) is 1.64. The highest BCUT2D eigenvalue weighted by Gasteiger charge is 2.23. The molecule has 0 radical (unpaired) electrons. The van der Waals surface area contributed by atoms with Crippen LogP contribution in [0.25, 0.3) is 28.4 Å². The van der Waals surface area contributed by atoms with Crippen molar-refractivity contribution in [3.63, 3.8) is 0 Å². The Kier molecular flexibility index (Phi) is 2.48. The number of ketones is 1. The average molecular weight is 276 g/mol. The number of hydrogen-bond acceptors (Lipinski definition) is 3. The molecule has 0 saturated heterocycles. The van der Waals surface area contributed by atoms with Crippen molar-refractivity contribution in [2.24, 2.45) is 0 Å². The first kappa shape index (κ1) is 12.0. The van der Waals surface area contributed by atoms with E-state index in [0.717, 1.165) is 33.6 Å². The van der Waals surface area contributed by atoms with Gasteiger partial charge < -0.3 is 9.15 Å². The van der Waals surface area contributed by atoms with E-state index in [9.17, 15) is 4.79 Å². The molecule has 3 aromatic rings. The van der Waals surface area contributed by atoms with Crippen molar-refractivity contribution in [1.82, 2.24) is 0 Å². The Morgan fingerprint density at radius 3 is 2.62 bits per heavy atom. The van der Waals surface area contributed by atoms with Gasteiger partial charge in [-0.25, -0.2) is 0 Å². The molecule has 2 aromatic carbocycles.